The predicted octanol–water partition coefficient (Wildman–Crippen LogP) is 5.32. The minimum absolute atomic E-state index is 0.0460. The van der Waals surface area contributed by atoms with Crippen LogP contribution >= 0.6 is 0 Å². The van der Waals surface area contributed by atoms with Crippen LogP contribution in [0, 0.1) is 52.3 Å². The molecular formula is C26H42O4. The average molecular weight is 420 g/mol. The van der Waals surface area contributed by atoms with E-state index >= 15 is 0 Å². The molecule has 30 heavy (non-hydrogen) atoms. The number of carbonyl (C=O) groups is 2. The molecule has 11 atom stereocenters. The zero-order valence-electron chi connectivity index (χ0n) is 20.3. The first-order valence-corrected chi connectivity index (χ1v) is 12.4. The van der Waals surface area contributed by atoms with Crippen LogP contribution in [0.3, 0.4) is 0 Å². The van der Waals surface area contributed by atoms with E-state index in [1.54, 1.807) is 0 Å². The van der Waals surface area contributed by atoms with Gasteiger partial charge in [-0.2, -0.15) is 0 Å². The molecule has 4 aliphatic rings. The second kappa shape index (κ2) is 7.90. The first-order chi connectivity index (χ1) is 14.5. The molecule has 0 saturated heterocycles. The number of carboxylic acid groups (broad SMARTS) is 1. The second-order valence-electron chi connectivity index (χ2n) is 11.7. The van der Waals surface area contributed by atoms with E-state index in [4.69, 9.17) is 6.48 Å². The smallest absolute Gasteiger partial charge is 0.303 e. The summed E-state index contributed by atoms with van der Waals surface area (Å²) >= 11 is 0. The van der Waals surface area contributed by atoms with E-state index in [0.717, 1.165) is 38.5 Å². The lowest BCUT2D eigenvalue weighted by molar-refractivity contribution is -0.173. The summed E-state index contributed by atoms with van der Waals surface area (Å²) in [5.41, 5.74) is 0.147. The van der Waals surface area contributed by atoms with E-state index in [9.17, 15) is 14.7 Å². The summed E-state index contributed by atoms with van der Waals surface area (Å²) in [5.74, 6) is 1.10. The van der Waals surface area contributed by atoms with Crippen molar-refractivity contribution < 1.29 is 21.2 Å². The Morgan fingerprint density at radius 2 is 1.80 bits per heavy atom. The zero-order valence-corrected chi connectivity index (χ0v) is 19.3. The van der Waals surface area contributed by atoms with Crippen molar-refractivity contribution >= 4 is 11.8 Å². The largest absolute Gasteiger partial charge is 0.481 e. The van der Waals surface area contributed by atoms with Crippen molar-refractivity contribution in [3.8, 4) is 0 Å². The summed E-state index contributed by atoms with van der Waals surface area (Å²) in [6.45, 7) is 8.84. The molecule has 4 nitrogen and oxygen atoms in total. The Morgan fingerprint density at radius 1 is 1.13 bits per heavy atom. The summed E-state index contributed by atoms with van der Waals surface area (Å²) in [6, 6.07) is 0. The number of aliphatic hydroxyl groups is 1. The number of fused-ring (bicyclic) bond motifs is 5. The van der Waals surface area contributed by atoms with Crippen molar-refractivity contribution in [3.05, 3.63) is 0 Å². The summed E-state index contributed by atoms with van der Waals surface area (Å²) in [7, 11) is 0. The first kappa shape index (κ1) is 21.0. The summed E-state index contributed by atoms with van der Waals surface area (Å²) in [6.07, 6.45) is 7.00. The molecule has 4 heteroatoms. The Hall–Kier alpha value is -0.900. The fourth-order valence-corrected chi connectivity index (χ4v) is 8.98. The Labute approximate surface area is 183 Å². The maximum absolute atomic E-state index is 14.0. The van der Waals surface area contributed by atoms with Gasteiger partial charge in [0.05, 0.1) is 6.10 Å². The van der Waals surface area contributed by atoms with Gasteiger partial charge in [0.2, 0.25) is 0 Å². The van der Waals surface area contributed by atoms with Crippen molar-refractivity contribution in [2.75, 3.05) is 0 Å². The number of Topliss-reactive ketones (excluding diaryl/α,β-unsaturated/α-hetero) is 1. The monoisotopic (exact) mass is 419 g/mol. The molecule has 4 rings (SSSR count). The number of hydrogen-bond acceptors (Lipinski definition) is 3. The third-order valence-electron chi connectivity index (χ3n) is 10.5. The number of ketones is 1. The van der Waals surface area contributed by atoms with Crippen LogP contribution in [0.1, 0.15) is 93.2 Å². The van der Waals surface area contributed by atoms with E-state index < -0.39 is 12.4 Å². The quantitative estimate of drug-likeness (QED) is 0.632. The number of carboxylic acids is 1. The molecule has 4 fully saturated rings. The molecule has 0 amide bonds. The molecule has 0 aromatic carbocycles. The van der Waals surface area contributed by atoms with Gasteiger partial charge >= 0.3 is 5.97 Å². The lowest BCUT2D eigenvalue weighted by atomic mass is 9.42. The summed E-state index contributed by atoms with van der Waals surface area (Å²) in [5, 5.41) is 19.6. The van der Waals surface area contributed by atoms with Crippen LogP contribution in [0.15, 0.2) is 0 Å². The molecule has 1 unspecified atom stereocenters. The summed E-state index contributed by atoms with van der Waals surface area (Å²) in [4.78, 5) is 25.1. The van der Waals surface area contributed by atoms with Crippen molar-refractivity contribution in [2.24, 2.45) is 52.3 Å². The van der Waals surface area contributed by atoms with Gasteiger partial charge in [-0.05, 0) is 98.2 Å². The van der Waals surface area contributed by atoms with E-state index in [0.29, 0.717) is 42.3 Å². The van der Waals surface area contributed by atoms with Crippen molar-refractivity contribution in [1.29, 1.82) is 0 Å². The van der Waals surface area contributed by atoms with Crippen LogP contribution in [0.4, 0.5) is 0 Å². The van der Waals surface area contributed by atoms with Gasteiger partial charge in [-0.1, -0.05) is 27.7 Å². The molecule has 4 aliphatic carbocycles. The molecular weight excluding hydrogens is 376 g/mol. The molecule has 4 saturated carbocycles. The van der Waals surface area contributed by atoms with Gasteiger partial charge in [0.25, 0.3) is 0 Å². The highest BCUT2D eigenvalue weighted by atomic mass is 16.4. The number of rotatable bonds is 5. The van der Waals surface area contributed by atoms with Gasteiger partial charge in [0.15, 0.2) is 0 Å². The van der Waals surface area contributed by atoms with E-state index in [1.807, 2.05) is 6.92 Å². The van der Waals surface area contributed by atoms with Crippen LogP contribution in [-0.4, -0.2) is 28.1 Å². The fraction of sp³-hybridized carbons (Fsp3) is 0.923. The Balaban J connectivity index is 1.65. The standard InChI is InChI=1S/C26H42O4/c1-5-17-21-14-16(27)10-12-26(21,4)20-11-13-25(3)18(15(2)6-9-22(28)29)7-8-19(25)23(20)24(17)30/h15-21,23,27H,5-14H2,1-4H3,(H,28,29)/t15-,16-,17-,18-,19+,20+,21+,23+,25-,26-/m1/s1/i5D/t5?,15-,16-,17-,18-,19+,20+,21+,23+,25-,26-. The van der Waals surface area contributed by atoms with Crippen LogP contribution in [0.25, 0.3) is 0 Å². The second-order valence-corrected chi connectivity index (χ2v) is 11.7. The van der Waals surface area contributed by atoms with Gasteiger partial charge in [0, 0.05) is 19.6 Å². The highest BCUT2D eigenvalue weighted by Gasteiger charge is 2.65. The lowest BCUT2D eigenvalue weighted by Gasteiger charge is -2.62. The normalized spacial score (nSPS) is 50.6. The van der Waals surface area contributed by atoms with E-state index in [1.165, 1.54) is 0 Å². The number of carbonyl (C=O) groups excluding carboxylic acids is 1. The Bertz CT molecular complexity index is 722. The molecule has 170 valence electrons. The highest BCUT2D eigenvalue weighted by molar-refractivity contribution is 5.86. The van der Waals surface area contributed by atoms with E-state index in [2.05, 4.69) is 20.8 Å². The van der Waals surface area contributed by atoms with Gasteiger partial charge in [-0.15, -0.1) is 0 Å². The molecule has 0 spiro atoms. The van der Waals surface area contributed by atoms with Crippen molar-refractivity contribution in [3.63, 3.8) is 0 Å². The topological polar surface area (TPSA) is 74.6 Å². The Morgan fingerprint density at radius 3 is 2.47 bits per heavy atom. The molecule has 0 aliphatic heterocycles. The van der Waals surface area contributed by atoms with Crippen LogP contribution in [0.5, 0.6) is 0 Å². The van der Waals surface area contributed by atoms with Crippen LogP contribution in [-0.2, 0) is 9.59 Å². The molecule has 0 aromatic rings. The molecule has 0 radical (unpaired) electrons. The average Bonchev–Trinajstić information content (AvgIpc) is 3.04. The van der Waals surface area contributed by atoms with Gasteiger partial charge in [0.1, 0.15) is 5.78 Å². The first-order valence-electron chi connectivity index (χ1n) is 12.9. The molecule has 2 N–H and O–H groups in total. The van der Waals surface area contributed by atoms with Gasteiger partial charge in [-0.25, -0.2) is 0 Å². The Kier molecular flexibility index (Phi) is 5.52. The third-order valence-corrected chi connectivity index (χ3v) is 10.5. The summed E-state index contributed by atoms with van der Waals surface area (Å²) < 4.78 is 8.57. The van der Waals surface area contributed by atoms with Crippen LogP contribution < -0.4 is 0 Å². The van der Waals surface area contributed by atoms with E-state index in [-0.39, 0.29) is 41.1 Å². The van der Waals surface area contributed by atoms with Crippen LogP contribution in [0.2, 0.25) is 0 Å². The van der Waals surface area contributed by atoms with Crippen molar-refractivity contribution in [2.45, 2.75) is 98.0 Å². The zero-order chi connectivity index (χ0) is 22.7. The predicted molar refractivity (Wildman–Crippen MR) is 117 cm³/mol. The SMILES string of the molecule is [2H]C(C)[C@H]1C(=O)[C@@H]2[C@H](CC[C@]3(C)[C@@H]([C@H](C)CCC(=O)O)CC[C@@H]23)[C@@]2(C)CC[C@@H](O)C[C@@H]12. The molecule has 0 bridgehead atoms. The fourth-order valence-electron chi connectivity index (χ4n) is 8.98. The van der Waals surface area contributed by atoms with Crippen molar-refractivity contribution in [1.82, 2.24) is 0 Å². The maximum atomic E-state index is 14.0. The molecule has 0 heterocycles. The van der Waals surface area contributed by atoms with Gasteiger partial charge in [-0.3, -0.25) is 9.59 Å². The maximum Gasteiger partial charge on any atom is 0.303 e. The van der Waals surface area contributed by atoms with Gasteiger partial charge < -0.3 is 10.2 Å². The number of aliphatic carboxylic acids is 1. The minimum atomic E-state index is -0.719. The highest BCUT2D eigenvalue weighted by Crippen LogP contribution is 2.68. The number of aliphatic hydroxyl groups excluding tert-OH is 1. The molecule has 0 aromatic heterocycles. The number of hydrogen-bond donors (Lipinski definition) is 2. The third kappa shape index (κ3) is 3.27. The lowest BCUT2D eigenvalue weighted by Crippen LogP contribution is -2.60. The minimum Gasteiger partial charge on any atom is -0.481 e.